The predicted molar refractivity (Wildman–Crippen MR) is 58.0 cm³/mol. The van der Waals surface area contributed by atoms with Crippen LogP contribution in [0.25, 0.3) is 0 Å². The summed E-state index contributed by atoms with van der Waals surface area (Å²) in [5.41, 5.74) is -0.351. The van der Waals surface area contributed by atoms with Gasteiger partial charge in [-0.2, -0.15) is 11.8 Å². The second-order valence-electron chi connectivity index (χ2n) is 4.35. The van der Waals surface area contributed by atoms with Crippen molar-refractivity contribution in [2.24, 2.45) is 5.92 Å². The Kier molecular flexibility index (Phi) is 5.45. The zero-order valence-electron chi connectivity index (χ0n) is 9.22. The predicted octanol–water partition coefficient (Wildman–Crippen LogP) is 2.72. The third-order valence-electron chi connectivity index (χ3n) is 1.39. The smallest absolute Gasteiger partial charge is 0.306 e. The van der Waals surface area contributed by atoms with Crippen molar-refractivity contribution in [3.8, 4) is 0 Å². The maximum Gasteiger partial charge on any atom is 0.306 e. The molecule has 1 atom stereocenters. The molecule has 0 saturated heterocycles. The monoisotopic (exact) mass is 204 g/mol. The SMILES string of the molecule is CSC[C@@H](C)CC(=O)OC(C)(C)C. The third-order valence-corrected chi connectivity index (χ3v) is 2.29. The van der Waals surface area contributed by atoms with Gasteiger partial charge in [0.15, 0.2) is 0 Å². The fraction of sp³-hybridized carbons (Fsp3) is 0.900. The molecule has 0 unspecified atom stereocenters. The summed E-state index contributed by atoms with van der Waals surface area (Å²) in [7, 11) is 0. The lowest BCUT2D eigenvalue weighted by Crippen LogP contribution is -2.25. The number of rotatable bonds is 4. The molecule has 0 radical (unpaired) electrons. The first-order valence-corrected chi connectivity index (χ1v) is 5.95. The van der Waals surface area contributed by atoms with Gasteiger partial charge in [0.05, 0.1) is 0 Å². The van der Waals surface area contributed by atoms with Crippen molar-refractivity contribution >= 4 is 17.7 Å². The zero-order chi connectivity index (χ0) is 10.5. The van der Waals surface area contributed by atoms with Crippen LogP contribution in [0, 0.1) is 5.92 Å². The van der Waals surface area contributed by atoms with Gasteiger partial charge in [-0.05, 0) is 38.7 Å². The number of hydrogen-bond acceptors (Lipinski definition) is 3. The summed E-state index contributed by atoms with van der Waals surface area (Å²) >= 11 is 1.76. The summed E-state index contributed by atoms with van der Waals surface area (Å²) < 4.78 is 5.21. The van der Waals surface area contributed by atoms with Crippen molar-refractivity contribution < 1.29 is 9.53 Å². The molecule has 0 heterocycles. The highest BCUT2D eigenvalue weighted by Crippen LogP contribution is 2.13. The first-order chi connectivity index (χ1) is 5.85. The zero-order valence-corrected chi connectivity index (χ0v) is 10.0. The molecular formula is C10H20O2S. The van der Waals surface area contributed by atoms with Crippen molar-refractivity contribution in [2.75, 3.05) is 12.0 Å². The lowest BCUT2D eigenvalue weighted by atomic mass is 10.1. The Hall–Kier alpha value is -0.180. The van der Waals surface area contributed by atoms with E-state index in [1.807, 2.05) is 27.0 Å². The van der Waals surface area contributed by atoms with Crippen LogP contribution in [0.5, 0.6) is 0 Å². The molecule has 0 bridgehead atoms. The van der Waals surface area contributed by atoms with Gasteiger partial charge in [-0.15, -0.1) is 0 Å². The average Bonchev–Trinajstić information content (AvgIpc) is 1.81. The molecule has 0 fully saturated rings. The largest absolute Gasteiger partial charge is 0.460 e. The molecule has 0 spiro atoms. The van der Waals surface area contributed by atoms with Crippen LogP contribution in [0.15, 0.2) is 0 Å². The Labute approximate surface area is 85.4 Å². The van der Waals surface area contributed by atoms with Gasteiger partial charge >= 0.3 is 5.97 Å². The van der Waals surface area contributed by atoms with Crippen LogP contribution in [0.4, 0.5) is 0 Å². The maximum atomic E-state index is 11.3. The van der Waals surface area contributed by atoms with E-state index in [-0.39, 0.29) is 11.6 Å². The van der Waals surface area contributed by atoms with E-state index in [0.717, 1.165) is 5.75 Å². The van der Waals surface area contributed by atoms with Gasteiger partial charge in [-0.1, -0.05) is 6.92 Å². The van der Waals surface area contributed by atoms with Crippen LogP contribution in [0.3, 0.4) is 0 Å². The average molecular weight is 204 g/mol. The van der Waals surface area contributed by atoms with Gasteiger partial charge in [0.25, 0.3) is 0 Å². The van der Waals surface area contributed by atoms with Gasteiger partial charge in [0, 0.05) is 6.42 Å². The van der Waals surface area contributed by atoms with Crippen molar-refractivity contribution in [3.05, 3.63) is 0 Å². The van der Waals surface area contributed by atoms with Gasteiger partial charge in [0.1, 0.15) is 5.60 Å². The maximum absolute atomic E-state index is 11.3. The highest BCUT2D eigenvalue weighted by Gasteiger charge is 2.17. The van der Waals surface area contributed by atoms with Crippen molar-refractivity contribution in [1.29, 1.82) is 0 Å². The van der Waals surface area contributed by atoms with E-state index in [4.69, 9.17) is 4.74 Å². The van der Waals surface area contributed by atoms with Crippen molar-refractivity contribution in [3.63, 3.8) is 0 Å². The van der Waals surface area contributed by atoms with Crippen LogP contribution < -0.4 is 0 Å². The molecule has 0 rings (SSSR count). The number of carbonyl (C=O) groups excluding carboxylic acids is 1. The van der Waals surface area contributed by atoms with Crippen molar-refractivity contribution in [2.45, 2.75) is 39.7 Å². The fourth-order valence-corrected chi connectivity index (χ4v) is 1.70. The van der Waals surface area contributed by atoms with Crippen molar-refractivity contribution in [1.82, 2.24) is 0 Å². The molecule has 0 aliphatic carbocycles. The van der Waals surface area contributed by atoms with E-state index in [1.54, 1.807) is 11.8 Å². The van der Waals surface area contributed by atoms with Gasteiger partial charge < -0.3 is 4.74 Å². The molecule has 0 aromatic carbocycles. The molecule has 2 nitrogen and oxygen atoms in total. The fourth-order valence-electron chi connectivity index (χ4n) is 1.01. The molecular weight excluding hydrogens is 184 g/mol. The summed E-state index contributed by atoms with van der Waals surface area (Å²) in [5, 5.41) is 0. The summed E-state index contributed by atoms with van der Waals surface area (Å²) in [5.74, 6) is 1.33. The summed E-state index contributed by atoms with van der Waals surface area (Å²) in [6, 6.07) is 0. The molecule has 0 aromatic heterocycles. The lowest BCUT2D eigenvalue weighted by molar-refractivity contribution is -0.155. The third kappa shape index (κ3) is 8.16. The molecule has 0 saturated carbocycles. The first-order valence-electron chi connectivity index (χ1n) is 4.56. The minimum Gasteiger partial charge on any atom is -0.460 e. The van der Waals surface area contributed by atoms with Crippen LogP contribution >= 0.6 is 11.8 Å². The number of hydrogen-bond donors (Lipinski definition) is 0. The summed E-state index contributed by atoms with van der Waals surface area (Å²) in [4.78, 5) is 11.3. The Morgan fingerprint density at radius 1 is 1.46 bits per heavy atom. The first kappa shape index (κ1) is 12.8. The Balaban J connectivity index is 3.74. The standard InChI is InChI=1S/C10H20O2S/c1-8(7-13-5)6-9(11)12-10(2,3)4/h8H,6-7H2,1-5H3/t8-/m0/s1. The van der Waals surface area contributed by atoms with E-state index in [9.17, 15) is 4.79 Å². The number of thioether (sulfide) groups is 1. The minimum atomic E-state index is -0.351. The second kappa shape index (κ2) is 5.53. The van der Waals surface area contributed by atoms with E-state index in [0.29, 0.717) is 12.3 Å². The highest BCUT2D eigenvalue weighted by atomic mass is 32.2. The molecule has 78 valence electrons. The molecule has 0 amide bonds. The Bertz CT molecular complexity index is 161. The van der Waals surface area contributed by atoms with Gasteiger partial charge in [0.2, 0.25) is 0 Å². The summed E-state index contributed by atoms with van der Waals surface area (Å²) in [6.07, 6.45) is 2.57. The van der Waals surface area contributed by atoms with Gasteiger partial charge in [-0.3, -0.25) is 4.79 Å². The van der Waals surface area contributed by atoms with Crippen LogP contribution in [-0.4, -0.2) is 23.6 Å². The molecule has 3 heteroatoms. The second-order valence-corrected chi connectivity index (χ2v) is 5.26. The molecule has 0 aliphatic heterocycles. The topological polar surface area (TPSA) is 26.3 Å². The highest BCUT2D eigenvalue weighted by molar-refractivity contribution is 7.98. The van der Waals surface area contributed by atoms with E-state index < -0.39 is 0 Å². The van der Waals surface area contributed by atoms with Crippen LogP contribution in [0.1, 0.15) is 34.1 Å². The van der Waals surface area contributed by atoms with E-state index in [1.165, 1.54) is 0 Å². The molecule has 0 aromatic rings. The molecule has 0 aliphatic rings. The normalized spacial score (nSPS) is 13.9. The number of esters is 1. The Morgan fingerprint density at radius 2 is 2.00 bits per heavy atom. The molecule has 0 N–H and O–H groups in total. The number of carbonyl (C=O) groups is 1. The van der Waals surface area contributed by atoms with Crippen LogP contribution in [-0.2, 0) is 9.53 Å². The quantitative estimate of drug-likeness (QED) is 0.659. The number of ether oxygens (including phenoxy) is 1. The van der Waals surface area contributed by atoms with Gasteiger partial charge in [-0.25, -0.2) is 0 Å². The lowest BCUT2D eigenvalue weighted by Gasteiger charge is -2.20. The Morgan fingerprint density at radius 3 is 2.38 bits per heavy atom. The summed E-state index contributed by atoms with van der Waals surface area (Å²) in [6.45, 7) is 7.75. The molecule has 13 heavy (non-hydrogen) atoms. The minimum absolute atomic E-state index is 0.0888. The van der Waals surface area contributed by atoms with E-state index >= 15 is 0 Å². The van der Waals surface area contributed by atoms with E-state index in [2.05, 4.69) is 6.92 Å². The van der Waals surface area contributed by atoms with Crippen LogP contribution in [0.2, 0.25) is 0 Å².